The van der Waals surface area contributed by atoms with Gasteiger partial charge in [-0.15, -0.1) is 0 Å². The van der Waals surface area contributed by atoms with Crippen LogP contribution in [0.25, 0.3) is 0 Å². The van der Waals surface area contributed by atoms with Crippen LogP contribution in [0.15, 0.2) is 18.3 Å². The minimum absolute atomic E-state index is 0.103. The van der Waals surface area contributed by atoms with Crippen LogP contribution in [0.1, 0.15) is 29.4 Å². The number of hydrogen-bond donors (Lipinski definition) is 1. The van der Waals surface area contributed by atoms with E-state index < -0.39 is 0 Å². The highest BCUT2D eigenvalue weighted by Gasteiger charge is 2.04. The fraction of sp³-hybridized carbons (Fsp3) is 0.455. The van der Waals surface area contributed by atoms with Gasteiger partial charge in [0.1, 0.15) is 0 Å². The van der Waals surface area contributed by atoms with E-state index >= 15 is 0 Å². The minimum Gasteiger partial charge on any atom is -0.310 e. The number of ketones is 1. The second kappa shape index (κ2) is 5.50. The average Bonchev–Trinajstić information content (AvgIpc) is 2.19. The van der Waals surface area contributed by atoms with E-state index in [4.69, 9.17) is 0 Å². The molecule has 1 aromatic rings. The summed E-state index contributed by atoms with van der Waals surface area (Å²) in [6, 6.07) is 3.67. The van der Waals surface area contributed by atoms with E-state index in [1.54, 1.807) is 6.20 Å². The third kappa shape index (κ3) is 3.26. The lowest BCUT2D eigenvalue weighted by molar-refractivity contribution is 0.0991. The molecule has 1 rings (SSSR count). The molecule has 0 bridgehead atoms. The number of hydrogen-bond acceptors (Lipinski definition) is 3. The molecule has 0 atom stereocenters. The maximum Gasteiger partial charge on any atom is 0.178 e. The van der Waals surface area contributed by atoms with E-state index in [1.807, 2.05) is 19.1 Å². The molecule has 0 radical (unpaired) electrons. The third-order valence-corrected chi connectivity index (χ3v) is 1.95. The zero-order chi connectivity index (χ0) is 10.4. The normalized spacial score (nSPS) is 10.1. The molecule has 1 N–H and O–H groups in total. The van der Waals surface area contributed by atoms with Crippen molar-refractivity contribution >= 4 is 5.78 Å². The molecule has 76 valence electrons. The molecule has 0 aromatic carbocycles. The van der Waals surface area contributed by atoms with Gasteiger partial charge in [0.2, 0.25) is 0 Å². The Kier molecular flexibility index (Phi) is 4.26. The lowest BCUT2D eigenvalue weighted by atomic mass is 10.2. The van der Waals surface area contributed by atoms with Crippen LogP contribution in [-0.4, -0.2) is 23.9 Å². The molecule has 1 aromatic heterocycles. The summed E-state index contributed by atoms with van der Waals surface area (Å²) in [4.78, 5) is 15.6. The number of pyridine rings is 1. The summed E-state index contributed by atoms with van der Waals surface area (Å²) >= 11 is 0. The van der Waals surface area contributed by atoms with Gasteiger partial charge in [-0.05, 0) is 32.0 Å². The summed E-state index contributed by atoms with van der Waals surface area (Å²) < 4.78 is 0. The molecule has 0 amide bonds. The van der Waals surface area contributed by atoms with Crippen LogP contribution in [0.3, 0.4) is 0 Å². The second-order valence-electron chi connectivity index (χ2n) is 3.29. The Labute approximate surface area is 84.6 Å². The molecule has 1 heterocycles. The summed E-state index contributed by atoms with van der Waals surface area (Å²) in [6.45, 7) is 5.26. The molecule has 0 aliphatic carbocycles. The molecule has 0 aliphatic heterocycles. The first-order valence-corrected chi connectivity index (χ1v) is 4.90. The fourth-order valence-corrected chi connectivity index (χ4v) is 1.11. The monoisotopic (exact) mass is 192 g/mol. The first-order chi connectivity index (χ1) is 6.74. The van der Waals surface area contributed by atoms with E-state index in [-0.39, 0.29) is 5.78 Å². The molecular weight excluding hydrogens is 176 g/mol. The Morgan fingerprint density at radius 2 is 2.29 bits per heavy atom. The summed E-state index contributed by atoms with van der Waals surface area (Å²) in [6.07, 6.45) is 2.67. The number of aryl methyl sites for hydroxylation is 1. The first-order valence-electron chi connectivity index (χ1n) is 4.90. The molecular formula is C11H16N2O. The molecule has 0 fully saturated rings. The topological polar surface area (TPSA) is 42.0 Å². The van der Waals surface area contributed by atoms with Crippen molar-refractivity contribution in [1.29, 1.82) is 0 Å². The highest BCUT2D eigenvalue weighted by atomic mass is 16.1. The summed E-state index contributed by atoms with van der Waals surface area (Å²) in [5, 5.41) is 3.07. The van der Waals surface area contributed by atoms with Crippen LogP contribution < -0.4 is 5.32 Å². The maximum atomic E-state index is 11.5. The van der Waals surface area contributed by atoms with E-state index in [2.05, 4.69) is 17.2 Å². The maximum absolute atomic E-state index is 11.5. The smallest absolute Gasteiger partial charge is 0.178 e. The van der Waals surface area contributed by atoms with Crippen LogP contribution in [-0.2, 0) is 0 Å². The zero-order valence-corrected chi connectivity index (χ0v) is 8.71. The number of nitrogens with one attached hydrogen (secondary N) is 1. The SMILES string of the molecule is CCCNCC(=O)c1ccc(C)nc1. The number of rotatable bonds is 5. The largest absolute Gasteiger partial charge is 0.310 e. The second-order valence-corrected chi connectivity index (χ2v) is 3.29. The van der Waals surface area contributed by atoms with Crippen LogP contribution >= 0.6 is 0 Å². The van der Waals surface area contributed by atoms with Crippen molar-refractivity contribution in [3.05, 3.63) is 29.6 Å². The predicted octanol–water partition coefficient (Wildman–Crippen LogP) is 1.57. The average molecular weight is 192 g/mol. The molecule has 3 nitrogen and oxygen atoms in total. The Hall–Kier alpha value is -1.22. The van der Waals surface area contributed by atoms with Gasteiger partial charge in [-0.3, -0.25) is 9.78 Å². The number of aromatic nitrogens is 1. The van der Waals surface area contributed by atoms with Gasteiger partial charge in [0.05, 0.1) is 6.54 Å². The highest BCUT2D eigenvalue weighted by Crippen LogP contribution is 1.99. The molecule has 0 unspecified atom stereocenters. The van der Waals surface area contributed by atoms with Crippen LogP contribution in [0, 0.1) is 6.92 Å². The van der Waals surface area contributed by atoms with Crippen molar-refractivity contribution in [3.8, 4) is 0 Å². The van der Waals surface area contributed by atoms with Crippen LogP contribution in [0.5, 0.6) is 0 Å². The van der Waals surface area contributed by atoms with E-state index in [1.165, 1.54) is 0 Å². The van der Waals surface area contributed by atoms with Crippen molar-refractivity contribution in [2.45, 2.75) is 20.3 Å². The van der Waals surface area contributed by atoms with Gasteiger partial charge in [0.25, 0.3) is 0 Å². The predicted molar refractivity (Wildman–Crippen MR) is 56.5 cm³/mol. The Morgan fingerprint density at radius 1 is 1.50 bits per heavy atom. The Balaban J connectivity index is 2.48. The van der Waals surface area contributed by atoms with Crippen molar-refractivity contribution in [1.82, 2.24) is 10.3 Å². The first kappa shape index (κ1) is 10.9. The quantitative estimate of drug-likeness (QED) is 0.569. The van der Waals surface area contributed by atoms with Gasteiger partial charge < -0.3 is 5.32 Å². The van der Waals surface area contributed by atoms with Gasteiger partial charge in [-0.2, -0.15) is 0 Å². The van der Waals surface area contributed by atoms with Gasteiger partial charge in [0, 0.05) is 17.5 Å². The number of nitrogens with zero attached hydrogens (tertiary/aromatic N) is 1. The van der Waals surface area contributed by atoms with Crippen LogP contribution in [0.2, 0.25) is 0 Å². The minimum atomic E-state index is 0.103. The van der Waals surface area contributed by atoms with Crippen molar-refractivity contribution < 1.29 is 4.79 Å². The number of carbonyl (C=O) groups excluding carboxylic acids is 1. The van der Waals surface area contributed by atoms with Crippen molar-refractivity contribution in [3.63, 3.8) is 0 Å². The number of carbonyl (C=O) groups is 1. The molecule has 0 aliphatic rings. The molecule has 0 saturated carbocycles. The van der Waals surface area contributed by atoms with Crippen LogP contribution in [0.4, 0.5) is 0 Å². The van der Waals surface area contributed by atoms with Gasteiger partial charge in [0.15, 0.2) is 5.78 Å². The highest BCUT2D eigenvalue weighted by molar-refractivity contribution is 5.97. The Bertz CT molecular complexity index is 293. The molecule has 0 spiro atoms. The van der Waals surface area contributed by atoms with E-state index in [0.717, 1.165) is 18.7 Å². The van der Waals surface area contributed by atoms with Gasteiger partial charge in [-0.25, -0.2) is 0 Å². The van der Waals surface area contributed by atoms with Crippen molar-refractivity contribution in [2.24, 2.45) is 0 Å². The fourth-order valence-electron chi connectivity index (χ4n) is 1.11. The number of Topliss-reactive ketones (excluding diaryl/α,β-unsaturated/α-hetero) is 1. The summed E-state index contributed by atoms with van der Waals surface area (Å²) in [5.74, 6) is 0.103. The molecule has 14 heavy (non-hydrogen) atoms. The van der Waals surface area contributed by atoms with Gasteiger partial charge >= 0.3 is 0 Å². The molecule has 3 heteroatoms. The lowest BCUT2D eigenvalue weighted by Crippen LogP contribution is -2.23. The standard InChI is InChI=1S/C11H16N2O/c1-3-6-12-8-11(14)10-5-4-9(2)13-7-10/h4-5,7,12H,3,6,8H2,1-2H3. The zero-order valence-electron chi connectivity index (χ0n) is 8.71. The van der Waals surface area contributed by atoms with E-state index in [9.17, 15) is 4.79 Å². The van der Waals surface area contributed by atoms with Crippen molar-refractivity contribution in [2.75, 3.05) is 13.1 Å². The summed E-state index contributed by atoms with van der Waals surface area (Å²) in [7, 11) is 0. The third-order valence-electron chi connectivity index (χ3n) is 1.95. The summed E-state index contributed by atoms with van der Waals surface area (Å²) in [5.41, 5.74) is 1.61. The van der Waals surface area contributed by atoms with Gasteiger partial charge in [-0.1, -0.05) is 6.92 Å². The van der Waals surface area contributed by atoms with E-state index in [0.29, 0.717) is 12.1 Å². The lowest BCUT2D eigenvalue weighted by Gasteiger charge is -2.02. The Morgan fingerprint density at radius 3 is 2.86 bits per heavy atom. The molecule has 0 saturated heterocycles.